The molecule has 0 radical (unpaired) electrons. The first kappa shape index (κ1) is 9.33. The van der Waals surface area contributed by atoms with Crippen LogP contribution < -0.4 is 5.73 Å². The van der Waals surface area contributed by atoms with E-state index < -0.39 is 0 Å². The summed E-state index contributed by atoms with van der Waals surface area (Å²) >= 11 is 3.12. The van der Waals surface area contributed by atoms with E-state index in [-0.39, 0.29) is 17.0 Å². The second-order valence-corrected chi connectivity index (χ2v) is 1.27. The molecule has 0 heterocycles. The van der Waals surface area contributed by atoms with Gasteiger partial charge < -0.3 is 5.73 Å². The van der Waals surface area contributed by atoms with Crippen LogP contribution in [-0.4, -0.2) is 11.9 Å². The highest BCUT2D eigenvalue weighted by molar-refractivity contribution is 9.09. The van der Waals surface area contributed by atoms with Crippen LogP contribution >= 0.6 is 32.9 Å². The molecule has 0 saturated carbocycles. The van der Waals surface area contributed by atoms with Gasteiger partial charge in [0.25, 0.3) is 0 Å². The standard InChI is InChI=1S/C2H6BrN.BrH/c3-1-2-4;/h1-2,4H2;1H. The van der Waals surface area contributed by atoms with Gasteiger partial charge in [-0.3, -0.25) is 0 Å². The Labute approximate surface area is 50.8 Å². The van der Waals surface area contributed by atoms with Crippen molar-refractivity contribution in [2.45, 2.75) is 0 Å². The fourth-order valence-corrected chi connectivity index (χ4v) is 0. The zero-order valence-corrected chi connectivity index (χ0v) is 6.08. The summed E-state index contributed by atoms with van der Waals surface area (Å²) in [5.74, 6) is 0. The molecule has 0 spiro atoms. The predicted octanol–water partition coefficient (Wildman–Crippen LogP) is 0.918. The first-order valence-corrected chi connectivity index (χ1v) is 2.30. The molecule has 0 saturated heterocycles. The average Bonchev–Trinajstić information content (AvgIpc) is 1.37. The molecule has 0 atom stereocenters. The average molecular weight is 205 g/mol. The van der Waals surface area contributed by atoms with Crippen molar-refractivity contribution in [3.05, 3.63) is 0 Å². The number of alkyl halides is 1. The molecular weight excluding hydrogens is 198 g/mol. The van der Waals surface area contributed by atoms with Crippen LogP contribution in [0.15, 0.2) is 0 Å². The van der Waals surface area contributed by atoms with E-state index in [1.54, 1.807) is 0 Å². The number of rotatable bonds is 1. The molecule has 0 rings (SSSR count). The Hall–Kier alpha value is 0.920. The summed E-state index contributed by atoms with van der Waals surface area (Å²) in [7, 11) is 0. The van der Waals surface area contributed by atoms with Gasteiger partial charge in [-0.1, -0.05) is 15.9 Å². The normalized spacial score (nSPS) is 6.00. The second kappa shape index (κ2) is 8.87. The Morgan fingerprint density at radius 2 is 1.80 bits per heavy atom. The highest BCUT2D eigenvalue weighted by atomic mass is 79.9. The number of halogens is 2. The molecule has 0 aliphatic carbocycles. The SMILES string of the molecule is Br.NCCBr. The zero-order valence-electron chi connectivity index (χ0n) is 2.78. The first-order valence-electron chi connectivity index (χ1n) is 1.18. The molecule has 0 unspecified atom stereocenters. The van der Waals surface area contributed by atoms with Crippen LogP contribution in [-0.2, 0) is 0 Å². The maximum absolute atomic E-state index is 4.98. The van der Waals surface area contributed by atoms with Crippen LogP contribution in [0.5, 0.6) is 0 Å². The van der Waals surface area contributed by atoms with Crippen molar-refractivity contribution < 1.29 is 0 Å². The summed E-state index contributed by atoms with van der Waals surface area (Å²) in [4.78, 5) is 0. The molecule has 3 heteroatoms. The maximum atomic E-state index is 4.98. The first-order chi connectivity index (χ1) is 1.91. The van der Waals surface area contributed by atoms with E-state index in [0.717, 1.165) is 11.9 Å². The number of nitrogens with two attached hydrogens (primary N) is 1. The monoisotopic (exact) mass is 203 g/mol. The van der Waals surface area contributed by atoms with Crippen molar-refractivity contribution >= 4 is 32.9 Å². The molecule has 0 aromatic heterocycles. The van der Waals surface area contributed by atoms with E-state index in [2.05, 4.69) is 15.9 Å². The fourth-order valence-electron chi connectivity index (χ4n) is 0. The lowest BCUT2D eigenvalue weighted by molar-refractivity contribution is 1.16. The summed E-state index contributed by atoms with van der Waals surface area (Å²) in [6.45, 7) is 0.736. The Morgan fingerprint density at radius 1 is 1.60 bits per heavy atom. The molecular formula is C2H7Br2N. The predicted molar refractivity (Wildman–Crippen MR) is 33.2 cm³/mol. The Bertz CT molecular complexity index is 9.61. The molecule has 0 aromatic carbocycles. The van der Waals surface area contributed by atoms with E-state index in [0.29, 0.717) is 0 Å². The Kier molecular flexibility index (Phi) is 16.5. The van der Waals surface area contributed by atoms with Gasteiger partial charge in [0.2, 0.25) is 0 Å². The lowest BCUT2D eigenvalue weighted by Gasteiger charge is -1.68. The third-order valence-corrected chi connectivity index (χ3v) is 0.567. The maximum Gasteiger partial charge on any atom is 0.0154 e. The van der Waals surface area contributed by atoms with E-state index in [4.69, 9.17) is 5.73 Å². The molecule has 0 aliphatic rings. The third kappa shape index (κ3) is 11.4. The number of hydrogen-bond acceptors (Lipinski definition) is 1. The summed E-state index contributed by atoms with van der Waals surface area (Å²) in [5, 5.41) is 0.910. The van der Waals surface area contributed by atoms with Crippen molar-refractivity contribution in [3.63, 3.8) is 0 Å². The quantitative estimate of drug-likeness (QED) is 0.632. The van der Waals surface area contributed by atoms with Crippen LogP contribution in [0, 0.1) is 0 Å². The molecule has 0 aromatic rings. The van der Waals surface area contributed by atoms with Gasteiger partial charge in [-0.15, -0.1) is 17.0 Å². The van der Waals surface area contributed by atoms with Crippen molar-refractivity contribution in [2.75, 3.05) is 11.9 Å². The number of hydrogen-bond donors (Lipinski definition) is 1. The fraction of sp³-hybridized carbons (Fsp3) is 1.00. The zero-order chi connectivity index (χ0) is 3.41. The summed E-state index contributed by atoms with van der Waals surface area (Å²) in [6.07, 6.45) is 0. The molecule has 2 N–H and O–H groups in total. The molecule has 0 fully saturated rings. The van der Waals surface area contributed by atoms with Crippen molar-refractivity contribution in [1.82, 2.24) is 0 Å². The molecule has 34 valence electrons. The Balaban J connectivity index is 0. The van der Waals surface area contributed by atoms with Gasteiger partial charge in [0.05, 0.1) is 0 Å². The van der Waals surface area contributed by atoms with Gasteiger partial charge in [0.1, 0.15) is 0 Å². The Morgan fingerprint density at radius 3 is 1.80 bits per heavy atom. The van der Waals surface area contributed by atoms with Crippen molar-refractivity contribution in [3.8, 4) is 0 Å². The minimum Gasteiger partial charge on any atom is -0.330 e. The van der Waals surface area contributed by atoms with E-state index >= 15 is 0 Å². The van der Waals surface area contributed by atoms with Crippen LogP contribution in [0.2, 0.25) is 0 Å². The van der Waals surface area contributed by atoms with Crippen LogP contribution in [0.4, 0.5) is 0 Å². The molecule has 0 bridgehead atoms. The topological polar surface area (TPSA) is 26.0 Å². The summed E-state index contributed by atoms with van der Waals surface area (Å²) < 4.78 is 0. The van der Waals surface area contributed by atoms with Crippen molar-refractivity contribution in [1.29, 1.82) is 0 Å². The highest BCUT2D eigenvalue weighted by Crippen LogP contribution is 1.67. The van der Waals surface area contributed by atoms with Gasteiger partial charge in [-0.25, -0.2) is 0 Å². The van der Waals surface area contributed by atoms with Gasteiger partial charge in [-0.05, 0) is 0 Å². The highest BCUT2D eigenvalue weighted by Gasteiger charge is 1.57. The van der Waals surface area contributed by atoms with Gasteiger partial charge in [-0.2, -0.15) is 0 Å². The lowest BCUT2D eigenvalue weighted by Crippen LogP contribution is -1.97. The summed E-state index contributed by atoms with van der Waals surface area (Å²) in [5.41, 5.74) is 4.98. The molecule has 5 heavy (non-hydrogen) atoms. The van der Waals surface area contributed by atoms with Crippen LogP contribution in [0.3, 0.4) is 0 Å². The van der Waals surface area contributed by atoms with Crippen LogP contribution in [0.25, 0.3) is 0 Å². The minimum atomic E-state index is 0. The van der Waals surface area contributed by atoms with Gasteiger partial charge >= 0.3 is 0 Å². The molecule has 0 aliphatic heterocycles. The summed E-state index contributed by atoms with van der Waals surface area (Å²) in [6, 6.07) is 0. The van der Waals surface area contributed by atoms with Crippen LogP contribution in [0.1, 0.15) is 0 Å². The van der Waals surface area contributed by atoms with E-state index in [9.17, 15) is 0 Å². The van der Waals surface area contributed by atoms with E-state index in [1.165, 1.54) is 0 Å². The van der Waals surface area contributed by atoms with Crippen molar-refractivity contribution in [2.24, 2.45) is 5.73 Å². The molecule has 1 nitrogen and oxygen atoms in total. The largest absolute Gasteiger partial charge is 0.330 e. The smallest absolute Gasteiger partial charge is 0.0154 e. The van der Waals surface area contributed by atoms with E-state index in [1.807, 2.05) is 0 Å². The van der Waals surface area contributed by atoms with Gasteiger partial charge in [0.15, 0.2) is 0 Å². The molecule has 0 amide bonds. The third-order valence-electron chi connectivity index (χ3n) is 0.109. The second-order valence-electron chi connectivity index (χ2n) is 0.478. The lowest BCUT2D eigenvalue weighted by atomic mass is 10.8. The van der Waals surface area contributed by atoms with Gasteiger partial charge in [0, 0.05) is 11.9 Å². The minimum absolute atomic E-state index is 0.